The van der Waals surface area contributed by atoms with Crippen molar-refractivity contribution >= 4 is 22.5 Å². The molecule has 7 heteroatoms. The van der Waals surface area contributed by atoms with Crippen LogP contribution in [0.1, 0.15) is 6.42 Å². The Hall–Kier alpha value is -2.28. The number of nitrogens with zero attached hydrogens (tertiary/aromatic N) is 4. The first kappa shape index (κ1) is 11.8. The summed E-state index contributed by atoms with van der Waals surface area (Å²) in [7, 11) is 0. The minimum absolute atomic E-state index is 0.0257. The van der Waals surface area contributed by atoms with Gasteiger partial charge in [-0.15, -0.1) is 0 Å². The standard InChI is InChI=1S/C12H13N5O2/c13-8-3-4-16(7-8)12-6-14-11-5-9(17(18)19)1-2-10(11)15-12/h1-2,5-6,8H,3-4,7,13H2. The van der Waals surface area contributed by atoms with Crippen LogP contribution in [0.15, 0.2) is 24.4 Å². The third kappa shape index (κ3) is 2.19. The Bertz CT molecular complexity index is 645. The molecule has 2 heterocycles. The first-order valence-corrected chi connectivity index (χ1v) is 6.05. The average molecular weight is 259 g/mol. The van der Waals surface area contributed by atoms with E-state index in [-0.39, 0.29) is 11.7 Å². The fraction of sp³-hybridized carbons (Fsp3) is 0.333. The molecule has 1 aromatic carbocycles. The lowest BCUT2D eigenvalue weighted by atomic mass is 10.2. The van der Waals surface area contributed by atoms with Gasteiger partial charge >= 0.3 is 0 Å². The summed E-state index contributed by atoms with van der Waals surface area (Å²) in [5.41, 5.74) is 7.07. The van der Waals surface area contributed by atoms with E-state index in [9.17, 15) is 10.1 Å². The molecule has 98 valence electrons. The fourth-order valence-corrected chi connectivity index (χ4v) is 2.25. The fourth-order valence-electron chi connectivity index (χ4n) is 2.25. The van der Waals surface area contributed by atoms with Crippen LogP contribution in [0.5, 0.6) is 0 Å². The van der Waals surface area contributed by atoms with E-state index in [4.69, 9.17) is 5.73 Å². The van der Waals surface area contributed by atoms with Crippen LogP contribution in [0.25, 0.3) is 11.0 Å². The molecule has 7 nitrogen and oxygen atoms in total. The maximum atomic E-state index is 10.7. The van der Waals surface area contributed by atoms with Crippen molar-refractivity contribution < 1.29 is 4.92 Å². The summed E-state index contributed by atoms with van der Waals surface area (Å²) in [4.78, 5) is 21.1. The van der Waals surface area contributed by atoms with Gasteiger partial charge in [-0.05, 0) is 12.5 Å². The summed E-state index contributed by atoms with van der Waals surface area (Å²) in [6.07, 6.45) is 2.59. The first-order valence-electron chi connectivity index (χ1n) is 6.05. The van der Waals surface area contributed by atoms with Gasteiger partial charge in [0.2, 0.25) is 0 Å². The second-order valence-corrected chi connectivity index (χ2v) is 4.65. The van der Waals surface area contributed by atoms with Gasteiger partial charge in [0.15, 0.2) is 0 Å². The summed E-state index contributed by atoms with van der Waals surface area (Å²) in [5.74, 6) is 0.773. The largest absolute Gasteiger partial charge is 0.354 e. The van der Waals surface area contributed by atoms with Crippen molar-refractivity contribution in [1.82, 2.24) is 9.97 Å². The normalized spacial score (nSPS) is 19.0. The molecule has 1 aliphatic heterocycles. The van der Waals surface area contributed by atoms with Crippen LogP contribution in [-0.2, 0) is 0 Å². The summed E-state index contributed by atoms with van der Waals surface area (Å²) < 4.78 is 0. The monoisotopic (exact) mass is 259 g/mol. The van der Waals surface area contributed by atoms with Crippen molar-refractivity contribution in [1.29, 1.82) is 0 Å². The van der Waals surface area contributed by atoms with E-state index in [1.54, 1.807) is 12.3 Å². The van der Waals surface area contributed by atoms with E-state index >= 15 is 0 Å². The highest BCUT2D eigenvalue weighted by Crippen LogP contribution is 2.22. The quantitative estimate of drug-likeness (QED) is 0.640. The number of benzene rings is 1. The van der Waals surface area contributed by atoms with Gasteiger partial charge in [0.25, 0.3) is 5.69 Å². The summed E-state index contributed by atoms with van der Waals surface area (Å²) in [6, 6.07) is 4.67. The molecule has 1 aromatic heterocycles. The lowest BCUT2D eigenvalue weighted by molar-refractivity contribution is -0.384. The van der Waals surface area contributed by atoms with Crippen molar-refractivity contribution in [2.75, 3.05) is 18.0 Å². The van der Waals surface area contributed by atoms with Crippen LogP contribution < -0.4 is 10.6 Å². The molecule has 0 aliphatic carbocycles. The summed E-state index contributed by atoms with van der Waals surface area (Å²) in [6.45, 7) is 1.64. The van der Waals surface area contributed by atoms with Gasteiger partial charge in [0.05, 0.1) is 22.2 Å². The van der Waals surface area contributed by atoms with E-state index in [1.165, 1.54) is 12.1 Å². The van der Waals surface area contributed by atoms with Gasteiger partial charge in [-0.1, -0.05) is 0 Å². The second kappa shape index (κ2) is 4.43. The van der Waals surface area contributed by atoms with Gasteiger partial charge < -0.3 is 10.6 Å². The predicted octanol–water partition coefficient (Wildman–Crippen LogP) is 1.08. The molecule has 2 N–H and O–H groups in total. The number of anilines is 1. The predicted molar refractivity (Wildman–Crippen MR) is 71.0 cm³/mol. The molecule has 0 spiro atoms. The molecule has 3 rings (SSSR count). The van der Waals surface area contributed by atoms with E-state index in [0.29, 0.717) is 11.0 Å². The second-order valence-electron chi connectivity index (χ2n) is 4.65. The molecule has 0 radical (unpaired) electrons. The van der Waals surface area contributed by atoms with Gasteiger partial charge in [0.1, 0.15) is 5.82 Å². The van der Waals surface area contributed by atoms with Crippen LogP contribution in [0.4, 0.5) is 11.5 Å². The third-order valence-electron chi connectivity index (χ3n) is 3.27. The summed E-state index contributed by atoms with van der Waals surface area (Å²) >= 11 is 0. The Labute approximate surface area is 109 Å². The maximum Gasteiger partial charge on any atom is 0.271 e. The summed E-state index contributed by atoms with van der Waals surface area (Å²) in [5, 5.41) is 10.7. The van der Waals surface area contributed by atoms with E-state index < -0.39 is 4.92 Å². The molecule has 0 amide bonds. The lowest BCUT2D eigenvalue weighted by Crippen LogP contribution is -2.26. The Morgan fingerprint density at radius 2 is 2.26 bits per heavy atom. The lowest BCUT2D eigenvalue weighted by Gasteiger charge is -2.16. The number of hydrogen-bond donors (Lipinski definition) is 1. The zero-order valence-corrected chi connectivity index (χ0v) is 10.2. The van der Waals surface area contributed by atoms with Gasteiger partial charge in [-0.3, -0.25) is 15.1 Å². The number of nitrogens with two attached hydrogens (primary N) is 1. The number of hydrogen-bond acceptors (Lipinski definition) is 6. The molecule has 1 unspecified atom stereocenters. The molecule has 1 aliphatic rings. The highest BCUT2D eigenvalue weighted by Gasteiger charge is 2.20. The number of rotatable bonds is 2. The van der Waals surface area contributed by atoms with Crippen LogP contribution in [-0.4, -0.2) is 34.0 Å². The van der Waals surface area contributed by atoms with Gasteiger partial charge in [-0.2, -0.15) is 0 Å². The molecule has 1 fully saturated rings. The number of non-ortho nitro benzene ring substituents is 1. The minimum atomic E-state index is -0.436. The molecule has 0 bridgehead atoms. The van der Waals surface area contributed by atoms with Crippen molar-refractivity contribution in [3.05, 3.63) is 34.5 Å². The molecule has 19 heavy (non-hydrogen) atoms. The number of nitro benzene ring substituents is 1. The smallest absolute Gasteiger partial charge is 0.271 e. The highest BCUT2D eigenvalue weighted by molar-refractivity contribution is 5.78. The van der Waals surface area contributed by atoms with Crippen LogP contribution in [0, 0.1) is 10.1 Å². The SMILES string of the molecule is NC1CCN(c2cnc3cc([N+](=O)[O-])ccc3n2)C1. The van der Waals surface area contributed by atoms with Crippen molar-refractivity contribution in [2.45, 2.75) is 12.5 Å². The molecule has 1 atom stereocenters. The Morgan fingerprint density at radius 3 is 2.95 bits per heavy atom. The van der Waals surface area contributed by atoms with Crippen molar-refractivity contribution in [2.24, 2.45) is 5.73 Å². The Kier molecular flexibility index (Phi) is 2.75. The number of nitro groups is 1. The van der Waals surface area contributed by atoms with E-state index in [1.807, 2.05) is 0 Å². The molecule has 0 saturated carbocycles. The topological polar surface area (TPSA) is 98.2 Å². The Balaban J connectivity index is 1.97. The van der Waals surface area contributed by atoms with Crippen molar-refractivity contribution in [3.8, 4) is 0 Å². The zero-order chi connectivity index (χ0) is 13.4. The molecule has 1 saturated heterocycles. The van der Waals surface area contributed by atoms with Gasteiger partial charge in [0, 0.05) is 31.3 Å². The van der Waals surface area contributed by atoms with Crippen LogP contribution in [0.3, 0.4) is 0 Å². The molecule has 2 aromatic rings. The zero-order valence-electron chi connectivity index (χ0n) is 10.2. The Morgan fingerprint density at radius 1 is 1.42 bits per heavy atom. The van der Waals surface area contributed by atoms with Crippen LogP contribution >= 0.6 is 0 Å². The average Bonchev–Trinajstić information content (AvgIpc) is 2.84. The first-order chi connectivity index (χ1) is 9.13. The van der Waals surface area contributed by atoms with Crippen LogP contribution in [0.2, 0.25) is 0 Å². The number of aromatic nitrogens is 2. The minimum Gasteiger partial charge on any atom is -0.354 e. The molecular weight excluding hydrogens is 246 g/mol. The number of fused-ring (bicyclic) bond motifs is 1. The highest BCUT2D eigenvalue weighted by atomic mass is 16.6. The maximum absolute atomic E-state index is 10.7. The van der Waals surface area contributed by atoms with E-state index in [0.717, 1.165) is 25.3 Å². The van der Waals surface area contributed by atoms with Crippen molar-refractivity contribution in [3.63, 3.8) is 0 Å². The molecular formula is C12H13N5O2. The van der Waals surface area contributed by atoms with E-state index in [2.05, 4.69) is 14.9 Å². The third-order valence-corrected chi connectivity index (χ3v) is 3.27. The van der Waals surface area contributed by atoms with Gasteiger partial charge in [-0.25, -0.2) is 4.98 Å².